The Bertz CT molecular complexity index is 823. The highest BCUT2D eigenvalue weighted by atomic mass is 16.1. The van der Waals surface area contributed by atoms with E-state index < -0.39 is 0 Å². The van der Waals surface area contributed by atoms with E-state index in [0.29, 0.717) is 0 Å². The first kappa shape index (κ1) is 20.6. The van der Waals surface area contributed by atoms with E-state index in [-0.39, 0.29) is 23.6 Å². The van der Waals surface area contributed by atoms with Crippen molar-refractivity contribution >= 4 is 5.91 Å². The van der Waals surface area contributed by atoms with Gasteiger partial charge in [0.25, 0.3) is 5.91 Å². The van der Waals surface area contributed by atoms with Crippen LogP contribution in [0.15, 0.2) is 72.4 Å². The molecule has 5 heteroatoms. The molecule has 0 radical (unpaired) electrons. The Morgan fingerprint density at radius 2 is 1.48 bits per heavy atom. The van der Waals surface area contributed by atoms with E-state index in [1.54, 1.807) is 6.20 Å². The molecular formula is C24H28N4O. The highest BCUT2D eigenvalue weighted by Crippen LogP contribution is 2.29. The Labute approximate surface area is 173 Å². The summed E-state index contributed by atoms with van der Waals surface area (Å²) in [7, 11) is 0. The van der Waals surface area contributed by atoms with Gasteiger partial charge in [0.1, 0.15) is 11.6 Å². The molecule has 1 amide bonds. The van der Waals surface area contributed by atoms with E-state index in [9.17, 15) is 10.1 Å². The van der Waals surface area contributed by atoms with E-state index in [4.69, 9.17) is 0 Å². The number of nitrogens with zero attached hydrogens (tertiary/aromatic N) is 3. The summed E-state index contributed by atoms with van der Waals surface area (Å²) in [6, 6.07) is 23.3. The lowest BCUT2D eigenvalue weighted by atomic mass is 9.96. The molecule has 0 unspecified atom stereocenters. The van der Waals surface area contributed by atoms with Crippen molar-refractivity contribution < 1.29 is 4.79 Å². The van der Waals surface area contributed by atoms with Crippen LogP contribution in [-0.4, -0.2) is 47.9 Å². The molecule has 1 saturated heterocycles. The number of hydrogen-bond acceptors (Lipinski definition) is 4. The normalized spacial score (nSPS) is 15.4. The van der Waals surface area contributed by atoms with Crippen LogP contribution in [0.25, 0.3) is 0 Å². The summed E-state index contributed by atoms with van der Waals surface area (Å²) in [6.07, 6.45) is 1.70. The van der Waals surface area contributed by atoms with Crippen LogP contribution in [0.5, 0.6) is 0 Å². The largest absolute Gasteiger partial charge is 0.374 e. The van der Waals surface area contributed by atoms with Gasteiger partial charge in [-0.15, -0.1) is 0 Å². The Kier molecular flexibility index (Phi) is 7.04. The van der Waals surface area contributed by atoms with Crippen molar-refractivity contribution in [2.24, 2.45) is 0 Å². The second-order valence-electron chi connectivity index (χ2n) is 7.58. The van der Waals surface area contributed by atoms with Gasteiger partial charge in [-0.2, -0.15) is 5.26 Å². The van der Waals surface area contributed by atoms with Gasteiger partial charge < -0.3 is 10.2 Å². The lowest BCUT2D eigenvalue weighted by molar-refractivity contribution is -0.117. The van der Waals surface area contributed by atoms with Crippen molar-refractivity contribution in [3.63, 3.8) is 0 Å². The third kappa shape index (κ3) is 5.46. The Hall–Kier alpha value is -3.10. The van der Waals surface area contributed by atoms with Crippen LogP contribution in [0.1, 0.15) is 31.0 Å². The first-order valence-corrected chi connectivity index (χ1v) is 10.1. The molecule has 1 heterocycles. The van der Waals surface area contributed by atoms with Gasteiger partial charge in [-0.25, -0.2) is 0 Å². The van der Waals surface area contributed by atoms with Gasteiger partial charge in [-0.1, -0.05) is 60.7 Å². The molecule has 0 atom stereocenters. The molecule has 0 bridgehead atoms. The predicted octanol–water partition coefficient (Wildman–Crippen LogP) is 3.33. The van der Waals surface area contributed by atoms with E-state index in [1.807, 2.05) is 32.0 Å². The molecule has 1 aliphatic heterocycles. The lowest BCUT2D eigenvalue weighted by Crippen LogP contribution is -2.46. The highest BCUT2D eigenvalue weighted by molar-refractivity contribution is 5.97. The molecule has 1 aliphatic rings. The minimum atomic E-state index is -0.309. The van der Waals surface area contributed by atoms with Gasteiger partial charge in [0.2, 0.25) is 0 Å². The number of nitrogens with one attached hydrogen (secondary N) is 1. The van der Waals surface area contributed by atoms with Gasteiger partial charge >= 0.3 is 0 Å². The third-order valence-electron chi connectivity index (χ3n) is 5.04. The molecule has 0 aromatic heterocycles. The minimum Gasteiger partial charge on any atom is -0.374 e. The summed E-state index contributed by atoms with van der Waals surface area (Å²) in [5, 5.41) is 12.1. The molecular weight excluding hydrogens is 360 g/mol. The van der Waals surface area contributed by atoms with Crippen molar-refractivity contribution in [1.82, 2.24) is 15.1 Å². The van der Waals surface area contributed by atoms with Crippen molar-refractivity contribution in [2.45, 2.75) is 25.9 Å². The second kappa shape index (κ2) is 9.90. The van der Waals surface area contributed by atoms with Crippen molar-refractivity contribution in [2.75, 3.05) is 26.2 Å². The molecule has 2 aromatic rings. The maximum Gasteiger partial charge on any atom is 0.263 e. The highest BCUT2D eigenvalue weighted by Gasteiger charge is 2.26. The smallest absolute Gasteiger partial charge is 0.263 e. The molecule has 1 fully saturated rings. The third-order valence-corrected chi connectivity index (χ3v) is 5.04. The Morgan fingerprint density at radius 1 is 0.966 bits per heavy atom. The van der Waals surface area contributed by atoms with Gasteiger partial charge in [-0.05, 0) is 25.0 Å². The quantitative estimate of drug-likeness (QED) is 0.609. The summed E-state index contributed by atoms with van der Waals surface area (Å²) in [4.78, 5) is 16.7. The van der Waals surface area contributed by atoms with Gasteiger partial charge in [0, 0.05) is 38.4 Å². The zero-order valence-electron chi connectivity index (χ0n) is 17.1. The van der Waals surface area contributed by atoms with Crippen molar-refractivity contribution in [3.05, 3.63) is 83.6 Å². The van der Waals surface area contributed by atoms with Crippen LogP contribution in [0.4, 0.5) is 0 Å². The molecule has 0 spiro atoms. The second-order valence-corrected chi connectivity index (χ2v) is 7.58. The lowest BCUT2D eigenvalue weighted by Gasteiger charge is -2.39. The monoisotopic (exact) mass is 388 g/mol. The van der Waals surface area contributed by atoms with E-state index in [1.165, 1.54) is 11.1 Å². The standard InChI is InChI=1S/C24H28N4O/c1-19(2)26-24(29)22(17-25)18-27-13-15-28(16-14-27)23(20-9-5-3-6-10-20)21-11-7-4-8-12-21/h3-12,18-19,23H,13-16H2,1-2H3,(H,26,29)/b22-18-. The Morgan fingerprint density at radius 3 is 1.93 bits per heavy atom. The van der Waals surface area contributed by atoms with Crippen LogP contribution >= 0.6 is 0 Å². The molecule has 3 rings (SSSR count). The summed E-state index contributed by atoms with van der Waals surface area (Å²) in [6.45, 7) is 7.04. The molecule has 1 N–H and O–H groups in total. The van der Waals surface area contributed by atoms with Crippen molar-refractivity contribution in [3.8, 4) is 6.07 Å². The number of benzene rings is 2. The van der Waals surface area contributed by atoms with Gasteiger partial charge in [0.05, 0.1) is 6.04 Å². The van der Waals surface area contributed by atoms with Crippen LogP contribution in [0.2, 0.25) is 0 Å². The number of nitriles is 1. The summed E-state index contributed by atoms with van der Waals surface area (Å²) in [5.74, 6) is -0.309. The fraction of sp³-hybridized carbons (Fsp3) is 0.333. The first-order chi connectivity index (χ1) is 14.1. The number of piperazine rings is 1. The number of carbonyl (C=O) groups is 1. The van der Waals surface area contributed by atoms with Crippen LogP contribution < -0.4 is 5.32 Å². The topological polar surface area (TPSA) is 59.4 Å². The predicted molar refractivity (Wildman–Crippen MR) is 115 cm³/mol. The number of carbonyl (C=O) groups excluding carboxylic acids is 1. The Balaban J connectivity index is 1.73. The molecule has 2 aromatic carbocycles. The zero-order chi connectivity index (χ0) is 20.6. The van der Waals surface area contributed by atoms with Crippen molar-refractivity contribution in [1.29, 1.82) is 5.26 Å². The molecule has 150 valence electrons. The van der Waals surface area contributed by atoms with Gasteiger partial charge in [-0.3, -0.25) is 9.69 Å². The number of hydrogen-bond donors (Lipinski definition) is 1. The molecule has 5 nitrogen and oxygen atoms in total. The summed E-state index contributed by atoms with van der Waals surface area (Å²) < 4.78 is 0. The van der Waals surface area contributed by atoms with E-state index in [2.05, 4.69) is 63.6 Å². The molecule has 29 heavy (non-hydrogen) atoms. The summed E-state index contributed by atoms with van der Waals surface area (Å²) >= 11 is 0. The average Bonchev–Trinajstić information content (AvgIpc) is 2.74. The first-order valence-electron chi connectivity index (χ1n) is 10.1. The minimum absolute atomic E-state index is 0.00796. The fourth-order valence-electron chi connectivity index (χ4n) is 3.67. The van der Waals surface area contributed by atoms with Crippen LogP contribution in [0, 0.1) is 11.3 Å². The SMILES string of the molecule is CC(C)NC(=O)/C(C#N)=C\N1CCN(C(c2ccccc2)c2ccccc2)CC1. The van der Waals surface area contributed by atoms with Crippen LogP contribution in [0.3, 0.4) is 0 Å². The van der Waals surface area contributed by atoms with Crippen LogP contribution in [-0.2, 0) is 4.79 Å². The summed E-state index contributed by atoms with van der Waals surface area (Å²) in [5.41, 5.74) is 2.71. The van der Waals surface area contributed by atoms with E-state index in [0.717, 1.165) is 26.2 Å². The molecule has 0 aliphatic carbocycles. The zero-order valence-corrected chi connectivity index (χ0v) is 17.1. The number of rotatable bonds is 6. The number of amides is 1. The average molecular weight is 389 g/mol. The fourth-order valence-corrected chi connectivity index (χ4v) is 3.67. The maximum atomic E-state index is 12.2. The maximum absolute atomic E-state index is 12.2. The molecule has 0 saturated carbocycles. The van der Waals surface area contributed by atoms with Gasteiger partial charge in [0.15, 0.2) is 0 Å². The van der Waals surface area contributed by atoms with E-state index >= 15 is 0 Å².